The summed E-state index contributed by atoms with van der Waals surface area (Å²) in [7, 11) is 0. The molecule has 1 fully saturated rings. The van der Waals surface area contributed by atoms with Crippen LogP contribution in [0, 0.1) is 10.1 Å². The van der Waals surface area contributed by atoms with Crippen LogP contribution in [0.15, 0.2) is 18.2 Å². The number of benzene rings is 1. The number of halogens is 1. The molecule has 0 radical (unpaired) electrons. The van der Waals surface area contributed by atoms with Gasteiger partial charge in [0.1, 0.15) is 0 Å². The SMILES string of the molecule is NCC1CN(Cc2ccc(Cl)cc2[N+](=O)[O-])CCO1. The number of rotatable bonds is 4. The van der Waals surface area contributed by atoms with Gasteiger partial charge in [0.05, 0.1) is 17.6 Å². The molecular formula is C12H16ClN3O3. The zero-order chi connectivity index (χ0) is 13.8. The average molecular weight is 286 g/mol. The monoisotopic (exact) mass is 285 g/mol. The van der Waals surface area contributed by atoms with Crippen LogP contribution in [-0.2, 0) is 11.3 Å². The molecule has 1 atom stereocenters. The summed E-state index contributed by atoms with van der Waals surface area (Å²) < 4.78 is 5.47. The number of nitrogens with zero attached hydrogens (tertiary/aromatic N) is 2. The molecule has 6 nitrogen and oxygen atoms in total. The first-order valence-electron chi connectivity index (χ1n) is 6.07. The largest absolute Gasteiger partial charge is 0.374 e. The van der Waals surface area contributed by atoms with Crippen LogP contribution in [0.1, 0.15) is 5.56 Å². The summed E-state index contributed by atoms with van der Waals surface area (Å²) in [5.41, 5.74) is 6.30. The van der Waals surface area contributed by atoms with Crippen molar-refractivity contribution >= 4 is 17.3 Å². The molecule has 1 aliphatic rings. The summed E-state index contributed by atoms with van der Waals surface area (Å²) in [5.74, 6) is 0. The van der Waals surface area contributed by atoms with Crippen molar-refractivity contribution in [1.82, 2.24) is 4.90 Å². The van der Waals surface area contributed by atoms with Gasteiger partial charge in [-0.1, -0.05) is 11.6 Å². The molecule has 0 amide bonds. The van der Waals surface area contributed by atoms with Gasteiger partial charge in [-0.2, -0.15) is 0 Å². The Labute approximate surface area is 116 Å². The fraction of sp³-hybridized carbons (Fsp3) is 0.500. The van der Waals surface area contributed by atoms with Gasteiger partial charge in [0.25, 0.3) is 5.69 Å². The topological polar surface area (TPSA) is 81.6 Å². The van der Waals surface area contributed by atoms with E-state index in [0.717, 1.165) is 6.54 Å². The van der Waals surface area contributed by atoms with E-state index in [4.69, 9.17) is 22.1 Å². The number of nitrogens with two attached hydrogens (primary N) is 1. The number of hydrogen-bond acceptors (Lipinski definition) is 5. The molecule has 2 rings (SSSR count). The lowest BCUT2D eigenvalue weighted by Crippen LogP contribution is -2.45. The molecule has 1 aromatic carbocycles. The van der Waals surface area contributed by atoms with E-state index in [0.29, 0.717) is 36.8 Å². The van der Waals surface area contributed by atoms with Crippen LogP contribution < -0.4 is 5.73 Å². The summed E-state index contributed by atoms with van der Waals surface area (Å²) >= 11 is 5.79. The Bertz CT molecular complexity index is 470. The maximum atomic E-state index is 11.0. The lowest BCUT2D eigenvalue weighted by molar-refractivity contribution is -0.385. The first-order chi connectivity index (χ1) is 9.10. The van der Waals surface area contributed by atoms with Crippen LogP contribution in [0.25, 0.3) is 0 Å². The lowest BCUT2D eigenvalue weighted by Gasteiger charge is -2.32. The third-order valence-corrected chi connectivity index (χ3v) is 3.36. The van der Waals surface area contributed by atoms with Crippen molar-refractivity contribution in [1.29, 1.82) is 0 Å². The first kappa shape index (κ1) is 14.2. The van der Waals surface area contributed by atoms with Gasteiger partial charge >= 0.3 is 0 Å². The summed E-state index contributed by atoms with van der Waals surface area (Å²) in [6.07, 6.45) is 0.0000985. The molecule has 0 bridgehead atoms. The molecule has 0 aliphatic carbocycles. The molecular weight excluding hydrogens is 270 g/mol. The quantitative estimate of drug-likeness (QED) is 0.668. The van der Waals surface area contributed by atoms with Crippen LogP contribution in [0.4, 0.5) is 5.69 Å². The van der Waals surface area contributed by atoms with Gasteiger partial charge < -0.3 is 10.5 Å². The first-order valence-corrected chi connectivity index (χ1v) is 6.45. The Morgan fingerprint density at radius 1 is 1.58 bits per heavy atom. The third-order valence-electron chi connectivity index (χ3n) is 3.12. The lowest BCUT2D eigenvalue weighted by atomic mass is 10.1. The highest BCUT2D eigenvalue weighted by molar-refractivity contribution is 6.30. The maximum absolute atomic E-state index is 11.0. The molecule has 104 valence electrons. The zero-order valence-electron chi connectivity index (χ0n) is 10.4. The second kappa shape index (κ2) is 6.29. The number of hydrogen-bond donors (Lipinski definition) is 1. The van der Waals surface area contributed by atoms with E-state index in [2.05, 4.69) is 4.90 Å². The Morgan fingerprint density at radius 3 is 3.05 bits per heavy atom. The molecule has 1 aliphatic heterocycles. The molecule has 1 saturated heterocycles. The Hall–Kier alpha value is -1.21. The van der Waals surface area contributed by atoms with Crippen molar-refractivity contribution in [2.75, 3.05) is 26.2 Å². The summed E-state index contributed by atoms with van der Waals surface area (Å²) in [5, 5.41) is 11.4. The van der Waals surface area contributed by atoms with Gasteiger partial charge in [0.2, 0.25) is 0 Å². The number of nitro benzene ring substituents is 1. The highest BCUT2D eigenvalue weighted by Gasteiger charge is 2.22. The van der Waals surface area contributed by atoms with Crippen molar-refractivity contribution in [2.45, 2.75) is 12.6 Å². The predicted molar refractivity (Wildman–Crippen MR) is 72.2 cm³/mol. The van der Waals surface area contributed by atoms with Crippen molar-refractivity contribution in [3.05, 3.63) is 38.9 Å². The van der Waals surface area contributed by atoms with Gasteiger partial charge in [-0.25, -0.2) is 0 Å². The minimum atomic E-state index is -0.401. The van der Waals surface area contributed by atoms with E-state index in [1.807, 2.05) is 0 Å². The molecule has 1 heterocycles. The summed E-state index contributed by atoms with van der Waals surface area (Å²) in [6.45, 7) is 3.00. The molecule has 0 spiro atoms. The van der Waals surface area contributed by atoms with Crippen LogP contribution in [0.3, 0.4) is 0 Å². The Kier molecular flexibility index (Phi) is 4.71. The molecule has 19 heavy (non-hydrogen) atoms. The smallest absolute Gasteiger partial charge is 0.275 e. The molecule has 7 heteroatoms. The van der Waals surface area contributed by atoms with E-state index in [-0.39, 0.29) is 11.8 Å². The summed E-state index contributed by atoms with van der Waals surface area (Å²) in [4.78, 5) is 12.7. The number of nitro groups is 1. The van der Waals surface area contributed by atoms with E-state index >= 15 is 0 Å². The predicted octanol–water partition coefficient (Wildman–Crippen LogP) is 1.41. The normalized spacial score (nSPS) is 20.4. The van der Waals surface area contributed by atoms with Gasteiger partial charge in [-0.3, -0.25) is 15.0 Å². The third kappa shape index (κ3) is 3.63. The van der Waals surface area contributed by atoms with Crippen LogP contribution in [0.2, 0.25) is 5.02 Å². The standard InChI is InChI=1S/C12H16ClN3O3/c13-10-2-1-9(12(5-10)16(17)18)7-15-3-4-19-11(6-14)8-15/h1-2,5,11H,3-4,6-8,14H2. The van der Waals surface area contributed by atoms with E-state index in [1.165, 1.54) is 6.07 Å². The van der Waals surface area contributed by atoms with Crippen molar-refractivity contribution in [2.24, 2.45) is 5.73 Å². The van der Waals surface area contributed by atoms with Gasteiger partial charge in [-0.05, 0) is 12.1 Å². The molecule has 1 unspecified atom stereocenters. The van der Waals surface area contributed by atoms with E-state index in [1.54, 1.807) is 12.1 Å². The van der Waals surface area contributed by atoms with Crippen LogP contribution in [-0.4, -0.2) is 42.2 Å². The molecule has 0 aromatic heterocycles. The highest BCUT2D eigenvalue weighted by atomic mass is 35.5. The van der Waals surface area contributed by atoms with Gasteiger partial charge in [0, 0.05) is 42.8 Å². The minimum absolute atomic E-state index is 0.0000985. The van der Waals surface area contributed by atoms with Crippen LogP contribution in [0.5, 0.6) is 0 Å². The van der Waals surface area contributed by atoms with E-state index < -0.39 is 4.92 Å². The van der Waals surface area contributed by atoms with E-state index in [9.17, 15) is 10.1 Å². The zero-order valence-corrected chi connectivity index (χ0v) is 11.2. The number of ether oxygens (including phenoxy) is 1. The molecule has 1 aromatic rings. The minimum Gasteiger partial charge on any atom is -0.374 e. The van der Waals surface area contributed by atoms with Gasteiger partial charge in [0.15, 0.2) is 0 Å². The Balaban J connectivity index is 2.12. The highest BCUT2D eigenvalue weighted by Crippen LogP contribution is 2.25. The summed E-state index contributed by atoms with van der Waals surface area (Å²) in [6, 6.07) is 4.76. The number of morpholine rings is 1. The van der Waals surface area contributed by atoms with Crippen molar-refractivity contribution in [3.8, 4) is 0 Å². The fourth-order valence-corrected chi connectivity index (χ4v) is 2.31. The van der Waals surface area contributed by atoms with Crippen LogP contribution >= 0.6 is 11.6 Å². The fourth-order valence-electron chi connectivity index (χ4n) is 2.15. The van der Waals surface area contributed by atoms with Crippen molar-refractivity contribution in [3.63, 3.8) is 0 Å². The second-order valence-electron chi connectivity index (χ2n) is 4.49. The molecule has 0 saturated carbocycles. The second-order valence-corrected chi connectivity index (χ2v) is 4.93. The van der Waals surface area contributed by atoms with Crippen molar-refractivity contribution < 1.29 is 9.66 Å². The maximum Gasteiger partial charge on any atom is 0.275 e. The Morgan fingerprint density at radius 2 is 2.37 bits per heavy atom. The average Bonchev–Trinajstić information content (AvgIpc) is 2.41. The molecule has 2 N–H and O–H groups in total. The van der Waals surface area contributed by atoms with Gasteiger partial charge in [-0.15, -0.1) is 0 Å².